The first kappa shape index (κ1) is 18.6. The van der Waals surface area contributed by atoms with E-state index in [0.717, 1.165) is 5.56 Å². The van der Waals surface area contributed by atoms with Crippen LogP contribution in [-0.4, -0.2) is 29.0 Å². The molecular weight excluding hydrogens is 373 g/mol. The van der Waals surface area contributed by atoms with Crippen molar-refractivity contribution in [1.29, 1.82) is 0 Å². The molecule has 0 aliphatic carbocycles. The summed E-state index contributed by atoms with van der Waals surface area (Å²) in [5, 5.41) is 1.04. The number of imide groups is 1. The molecule has 26 heavy (non-hydrogen) atoms. The van der Waals surface area contributed by atoms with Crippen LogP contribution in [0.2, 0.25) is 10.0 Å². The van der Waals surface area contributed by atoms with Gasteiger partial charge in [-0.1, -0.05) is 23.2 Å². The summed E-state index contributed by atoms with van der Waals surface area (Å²) in [5.74, 6) is -0.624. The number of halogens is 2. The third-order valence-electron chi connectivity index (χ3n) is 4.40. The van der Waals surface area contributed by atoms with Crippen LogP contribution in [0.4, 0.5) is 0 Å². The fourth-order valence-corrected chi connectivity index (χ4v) is 3.36. The molecule has 2 amide bonds. The molecule has 0 fully saturated rings. The van der Waals surface area contributed by atoms with Gasteiger partial charge in [-0.05, 0) is 60.9 Å². The number of carbonyl (C=O) groups is 3. The Morgan fingerprint density at radius 3 is 2.31 bits per heavy atom. The Hall–Kier alpha value is -2.17. The van der Waals surface area contributed by atoms with E-state index in [1.807, 2.05) is 0 Å². The van der Waals surface area contributed by atoms with Crippen molar-refractivity contribution >= 4 is 40.8 Å². The van der Waals surface area contributed by atoms with E-state index in [4.69, 9.17) is 23.2 Å². The number of Topliss-reactive ketones (excluding diaryl/α,β-unsaturated/α-hetero) is 1. The van der Waals surface area contributed by atoms with Crippen LogP contribution in [0, 0.1) is 0 Å². The summed E-state index contributed by atoms with van der Waals surface area (Å²) in [5.41, 5.74) is 1.76. The predicted octanol–water partition coefficient (Wildman–Crippen LogP) is 4.57. The number of carbonyl (C=O) groups excluding carboxylic acids is 3. The highest BCUT2D eigenvalue weighted by molar-refractivity contribution is 6.31. The Kier molecular flexibility index (Phi) is 5.74. The summed E-state index contributed by atoms with van der Waals surface area (Å²) >= 11 is 11.9. The Balaban J connectivity index is 1.85. The van der Waals surface area contributed by atoms with Gasteiger partial charge in [0.05, 0.1) is 0 Å². The lowest BCUT2D eigenvalue weighted by Crippen LogP contribution is -2.38. The maximum absolute atomic E-state index is 12.7. The molecule has 0 atom stereocenters. The van der Waals surface area contributed by atoms with Crippen LogP contribution in [0.25, 0.3) is 0 Å². The van der Waals surface area contributed by atoms with E-state index in [2.05, 4.69) is 0 Å². The molecule has 0 radical (unpaired) electrons. The second-order valence-corrected chi connectivity index (χ2v) is 7.06. The van der Waals surface area contributed by atoms with Crippen LogP contribution in [0.15, 0.2) is 42.5 Å². The highest BCUT2D eigenvalue weighted by atomic mass is 35.5. The number of amides is 2. The molecule has 0 bridgehead atoms. The summed E-state index contributed by atoms with van der Waals surface area (Å²) in [6, 6.07) is 11.5. The maximum Gasteiger partial charge on any atom is 0.260 e. The van der Waals surface area contributed by atoms with Crippen LogP contribution < -0.4 is 0 Å². The molecule has 2 aromatic carbocycles. The van der Waals surface area contributed by atoms with Crippen LogP contribution in [0.3, 0.4) is 0 Å². The Morgan fingerprint density at radius 2 is 1.58 bits per heavy atom. The number of rotatable bonds is 1. The highest BCUT2D eigenvalue weighted by Crippen LogP contribution is 2.22. The largest absolute Gasteiger partial charge is 0.294 e. The van der Waals surface area contributed by atoms with Crippen molar-refractivity contribution in [2.24, 2.45) is 0 Å². The first-order valence-corrected chi connectivity index (χ1v) is 9.13. The Bertz CT molecular complexity index is 862. The molecular formula is C20H17Cl2NO3. The summed E-state index contributed by atoms with van der Waals surface area (Å²) in [4.78, 5) is 39.1. The standard InChI is InChI=1S/C20H17Cl2NO3/c21-15-6-3-13(4-7-15)20(26)23-11-1-2-18(24)17-9-8-16(22)12-14(17)5-10-19(23)25/h3-4,6-9,12H,1-2,5,10-11H2. The predicted molar refractivity (Wildman–Crippen MR) is 101 cm³/mol. The normalized spacial score (nSPS) is 15.5. The lowest BCUT2D eigenvalue weighted by Gasteiger charge is -2.22. The number of ketones is 1. The Morgan fingerprint density at radius 1 is 0.885 bits per heavy atom. The smallest absolute Gasteiger partial charge is 0.260 e. The fourth-order valence-electron chi connectivity index (χ4n) is 3.04. The van der Waals surface area contributed by atoms with E-state index in [0.29, 0.717) is 34.0 Å². The van der Waals surface area contributed by atoms with E-state index >= 15 is 0 Å². The zero-order valence-corrected chi connectivity index (χ0v) is 15.5. The van der Waals surface area contributed by atoms with E-state index in [1.54, 1.807) is 42.5 Å². The number of fused-ring (bicyclic) bond motifs is 1. The molecule has 0 N–H and O–H groups in total. The highest BCUT2D eigenvalue weighted by Gasteiger charge is 2.25. The van der Waals surface area contributed by atoms with E-state index in [9.17, 15) is 14.4 Å². The average molecular weight is 390 g/mol. The number of hydrogen-bond acceptors (Lipinski definition) is 3. The van der Waals surface area contributed by atoms with Gasteiger partial charge in [0.25, 0.3) is 5.91 Å². The van der Waals surface area contributed by atoms with Gasteiger partial charge in [-0.3, -0.25) is 19.3 Å². The molecule has 1 heterocycles. The molecule has 1 aliphatic rings. The van der Waals surface area contributed by atoms with Crippen LogP contribution in [0.1, 0.15) is 45.5 Å². The van der Waals surface area contributed by atoms with Gasteiger partial charge in [-0.2, -0.15) is 0 Å². The van der Waals surface area contributed by atoms with Gasteiger partial charge < -0.3 is 0 Å². The van der Waals surface area contributed by atoms with Crippen molar-refractivity contribution in [3.8, 4) is 0 Å². The lowest BCUT2D eigenvalue weighted by atomic mass is 9.96. The first-order valence-electron chi connectivity index (χ1n) is 8.37. The van der Waals surface area contributed by atoms with Crippen LogP contribution >= 0.6 is 23.2 Å². The molecule has 0 saturated carbocycles. The minimum Gasteiger partial charge on any atom is -0.294 e. The molecule has 0 saturated heterocycles. The molecule has 6 heteroatoms. The van der Waals surface area contributed by atoms with Gasteiger partial charge >= 0.3 is 0 Å². The third kappa shape index (κ3) is 4.14. The monoisotopic (exact) mass is 389 g/mol. The molecule has 4 nitrogen and oxygen atoms in total. The van der Waals surface area contributed by atoms with Crippen molar-refractivity contribution in [2.75, 3.05) is 6.54 Å². The zero-order valence-electron chi connectivity index (χ0n) is 14.0. The number of benzene rings is 2. The summed E-state index contributed by atoms with van der Waals surface area (Å²) < 4.78 is 0. The zero-order chi connectivity index (χ0) is 18.7. The van der Waals surface area contributed by atoms with Gasteiger partial charge in [-0.25, -0.2) is 0 Å². The molecule has 1 aliphatic heterocycles. The average Bonchev–Trinajstić information content (AvgIpc) is 2.63. The van der Waals surface area contributed by atoms with E-state index < -0.39 is 0 Å². The van der Waals surface area contributed by atoms with Gasteiger partial charge in [0.1, 0.15) is 0 Å². The summed E-state index contributed by atoms with van der Waals surface area (Å²) in [7, 11) is 0. The van der Waals surface area contributed by atoms with Gasteiger partial charge in [-0.15, -0.1) is 0 Å². The molecule has 0 spiro atoms. The van der Waals surface area contributed by atoms with Crippen LogP contribution in [-0.2, 0) is 11.2 Å². The second-order valence-electron chi connectivity index (χ2n) is 6.19. The fraction of sp³-hybridized carbons (Fsp3) is 0.250. The molecule has 3 rings (SSSR count). The van der Waals surface area contributed by atoms with E-state index in [-0.39, 0.29) is 37.0 Å². The topological polar surface area (TPSA) is 54.5 Å². The quantitative estimate of drug-likeness (QED) is 0.671. The second kappa shape index (κ2) is 8.02. The van der Waals surface area contributed by atoms with Gasteiger partial charge in [0.15, 0.2) is 5.78 Å². The van der Waals surface area contributed by atoms with Gasteiger partial charge in [0, 0.05) is 40.6 Å². The number of aryl methyl sites for hydroxylation is 1. The number of nitrogens with zero attached hydrogens (tertiary/aromatic N) is 1. The summed E-state index contributed by atoms with van der Waals surface area (Å²) in [6.45, 7) is 0.217. The van der Waals surface area contributed by atoms with Crippen LogP contribution in [0.5, 0.6) is 0 Å². The number of hydrogen-bond donors (Lipinski definition) is 0. The first-order chi connectivity index (χ1) is 12.5. The van der Waals surface area contributed by atoms with Crippen molar-refractivity contribution < 1.29 is 14.4 Å². The van der Waals surface area contributed by atoms with Crippen molar-refractivity contribution in [3.05, 3.63) is 69.2 Å². The third-order valence-corrected chi connectivity index (χ3v) is 4.89. The Labute approximate surface area is 161 Å². The molecule has 0 unspecified atom stereocenters. The minimum atomic E-state index is -0.369. The maximum atomic E-state index is 12.7. The van der Waals surface area contributed by atoms with Crippen molar-refractivity contribution in [1.82, 2.24) is 4.90 Å². The van der Waals surface area contributed by atoms with Crippen molar-refractivity contribution in [2.45, 2.75) is 25.7 Å². The lowest BCUT2D eigenvalue weighted by molar-refractivity contribution is -0.128. The van der Waals surface area contributed by atoms with E-state index in [1.165, 1.54) is 4.90 Å². The molecule has 2 aromatic rings. The van der Waals surface area contributed by atoms with Gasteiger partial charge in [0.2, 0.25) is 5.91 Å². The summed E-state index contributed by atoms with van der Waals surface area (Å²) in [6.07, 6.45) is 1.20. The SMILES string of the molecule is O=C1CCCN(C(=O)c2ccc(Cl)cc2)C(=O)CCc2cc(Cl)ccc21. The van der Waals surface area contributed by atoms with Crippen molar-refractivity contribution in [3.63, 3.8) is 0 Å². The molecule has 0 aromatic heterocycles. The minimum absolute atomic E-state index is 0.00454. The molecule has 134 valence electrons.